The maximum absolute atomic E-state index is 11.9. The van der Waals surface area contributed by atoms with Gasteiger partial charge in [0.15, 0.2) is 0 Å². The lowest BCUT2D eigenvalue weighted by Crippen LogP contribution is -2.10. The first-order valence-corrected chi connectivity index (χ1v) is 7.49. The summed E-state index contributed by atoms with van der Waals surface area (Å²) in [6, 6.07) is 13.1. The van der Waals surface area contributed by atoms with Crippen molar-refractivity contribution >= 4 is 16.6 Å². The number of fused-ring (bicyclic) bond motifs is 1. The molecule has 0 aromatic heterocycles. The molecule has 0 aliphatic heterocycles. The van der Waals surface area contributed by atoms with Crippen LogP contribution in [0.1, 0.15) is 44.7 Å². The van der Waals surface area contributed by atoms with Crippen LogP contribution in [0.25, 0.3) is 10.8 Å². The Morgan fingerprint density at radius 2 is 1.70 bits per heavy atom. The number of Topliss-reactive ketones (excluding diaryl/α,β-unsaturated/α-hetero) is 1. The standard InChI is InChI=1S/C19H22O/c1-19(2,3)17-9-8-15-10-13(4-5-16(15)12-17)11-18(20)14-6-7-14/h4-5,8-10,12,14H,6-7,11H2,1-3H3. The molecule has 1 fully saturated rings. The molecule has 1 aliphatic rings. The van der Waals surface area contributed by atoms with Crippen LogP contribution in [0.5, 0.6) is 0 Å². The van der Waals surface area contributed by atoms with Gasteiger partial charge < -0.3 is 0 Å². The van der Waals surface area contributed by atoms with E-state index < -0.39 is 0 Å². The van der Waals surface area contributed by atoms with Crippen molar-refractivity contribution in [2.45, 2.75) is 45.4 Å². The molecule has 0 unspecified atom stereocenters. The number of hydrogen-bond acceptors (Lipinski definition) is 1. The second-order valence-electron chi connectivity index (χ2n) is 7.06. The molecule has 0 atom stereocenters. The lowest BCUT2D eigenvalue weighted by Gasteiger charge is -2.19. The monoisotopic (exact) mass is 266 g/mol. The lowest BCUT2D eigenvalue weighted by atomic mass is 9.85. The fourth-order valence-corrected chi connectivity index (χ4v) is 2.62. The summed E-state index contributed by atoms with van der Waals surface area (Å²) in [5, 5.41) is 2.50. The van der Waals surface area contributed by atoms with E-state index in [2.05, 4.69) is 57.2 Å². The van der Waals surface area contributed by atoms with Crippen LogP contribution in [-0.4, -0.2) is 5.78 Å². The molecule has 1 saturated carbocycles. The van der Waals surface area contributed by atoms with Crippen molar-refractivity contribution in [3.05, 3.63) is 47.5 Å². The molecule has 1 aliphatic carbocycles. The first-order chi connectivity index (χ1) is 9.43. The normalized spacial score (nSPS) is 15.6. The van der Waals surface area contributed by atoms with Gasteiger partial charge in [-0.25, -0.2) is 0 Å². The van der Waals surface area contributed by atoms with E-state index in [4.69, 9.17) is 0 Å². The molecule has 20 heavy (non-hydrogen) atoms. The Bertz CT molecular complexity index is 657. The third-order valence-electron chi connectivity index (χ3n) is 4.18. The summed E-state index contributed by atoms with van der Waals surface area (Å²) in [6.45, 7) is 6.70. The minimum absolute atomic E-state index is 0.175. The van der Waals surface area contributed by atoms with Gasteiger partial charge in [-0.1, -0.05) is 57.2 Å². The number of benzene rings is 2. The van der Waals surface area contributed by atoms with E-state index in [0.29, 0.717) is 18.1 Å². The maximum Gasteiger partial charge on any atom is 0.140 e. The Labute approximate surface area is 121 Å². The van der Waals surface area contributed by atoms with Crippen molar-refractivity contribution in [3.8, 4) is 0 Å². The minimum Gasteiger partial charge on any atom is -0.299 e. The van der Waals surface area contributed by atoms with Gasteiger partial charge in [-0.3, -0.25) is 4.79 Å². The Hall–Kier alpha value is -1.63. The molecule has 0 spiro atoms. The van der Waals surface area contributed by atoms with Crippen LogP contribution in [0.2, 0.25) is 0 Å². The first kappa shape index (κ1) is 13.4. The fourth-order valence-electron chi connectivity index (χ4n) is 2.62. The molecule has 0 heterocycles. The van der Waals surface area contributed by atoms with Gasteiger partial charge >= 0.3 is 0 Å². The van der Waals surface area contributed by atoms with Gasteiger partial charge in [-0.2, -0.15) is 0 Å². The van der Waals surface area contributed by atoms with Gasteiger partial charge in [0.25, 0.3) is 0 Å². The lowest BCUT2D eigenvalue weighted by molar-refractivity contribution is -0.119. The molecule has 0 saturated heterocycles. The second-order valence-corrected chi connectivity index (χ2v) is 7.06. The average Bonchev–Trinajstić information content (AvgIpc) is 3.21. The highest BCUT2D eigenvalue weighted by Gasteiger charge is 2.29. The maximum atomic E-state index is 11.9. The third kappa shape index (κ3) is 2.77. The van der Waals surface area contributed by atoms with Gasteiger partial charge in [0, 0.05) is 12.3 Å². The van der Waals surface area contributed by atoms with Crippen molar-refractivity contribution in [1.82, 2.24) is 0 Å². The SMILES string of the molecule is CC(C)(C)c1ccc2cc(CC(=O)C3CC3)ccc2c1. The van der Waals surface area contributed by atoms with Crippen LogP contribution >= 0.6 is 0 Å². The molecule has 0 bridgehead atoms. The van der Waals surface area contributed by atoms with E-state index >= 15 is 0 Å². The van der Waals surface area contributed by atoms with Crippen LogP contribution in [0.3, 0.4) is 0 Å². The summed E-state index contributed by atoms with van der Waals surface area (Å²) in [5.74, 6) is 0.768. The van der Waals surface area contributed by atoms with Gasteiger partial charge in [0.1, 0.15) is 5.78 Å². The highest BCUT2D eigenvalue weighted by atomic mass is 16.1. The molecular formula is C19H22O. The Morgan fingerprint density at radius 3 is 2.35 bits per heavy atom. The van der Waals surface area contributed by atoms with Crippen LogP contribution in [0, 0.1) is 5.92 Å². The Morgan fingerprint density at radius 1 is 1.05 bits per heavy atom. The van der Waals surface area contributed by atoms with Crippen molar-refractivity contribution in [3.63, 3.8) is 0 Å². The van der Waals surface area contributed by atoms with Crippen LogP contribution in [0.4, 0.5) is 0 Å². The predicted octanol–water partition coefficient (Wildman–Crippen LogP) is 4.66. The Balaban J connectivity index is 1.90. The molecule has 3 rings (SSSR count). The van der Waals surface area contributed by atoms with Crippen LogP contribution in [-0.2, 0) is 16.6 Å². The van der Waals surface area contributed by atoms with E-state index in [0.717, 1.165) is 18.4 Å². The van der Waals surface area contributed by atoms with E-state index in [-0.39, 0.29) is 5.41 Å². The molecule has 1 nitrogen and oxygen atoms in total. The van der Waals surface area contributed by atoms with E-state index in [1.54, 1.807) is 0 Å². The highest BCUT2D eigenvalue weighted by molar-refractivity contribution is 5.88. The van der Waals surface area contributed by atoms with E-state index in [9.17, 15) is 4.79 Å². The summed E-state index contributed by atoms with van der Waals surface area (Å²) in [5.41, 5.74) is 2.68. The summed E-state index contributed by atoms with van der Waals surface area (Å²) in [7, 11) is 0. The Kier molecular flexibility index (Phi) is 3.16. The van der Waals surface area contributed by atoms with E-state index in [1.807, 2.05) is 0 Å². The molecule has 104 valence electrons. The minimum atomic E-state index is 0.175. The molecule has 2 aromatic rings. The fraction of sp³-hybridized carbons (Fsp3) is 0.421. The quantitative estimate of drug-likeness (QED) is 0.789. The summed E-state index contributed by atoms with van der Waals surface area (Å²) < 4.78 is 0. The molecule has 2 aromatic carbocycles. The zero-order chi connectivity index (χ0) is 14.3. The van der Waals surface area contributed by atoms with Gasteiger partial charge in [-0.05, 0) is 40.2 Å². The number of carbonyl (C=O) groups excluding carboxylic acids is 1. The molecule has 1 heteroatoms. The number of carbonyl (C=O) groups is 1. The van der Waals surface area contributed by atoms with Gasteiger partial charge in [-0.15, -0.1) is 0 Å². The molecular weight excluding hydrogens is 244 g/mol. The second kappa shape index (κ2) is 4.73. The average molecular weight is 266 g/mol. The van der Waals surface area contributed by atoms with Crippen molar-refractivity contribution < 1.29 is 4.79 Å². The smallest absolute Gasteiger partial charge is 0.140 e. The number of ketones is 1. The molecule has 0 radical (unpaired) electrons. The molecule has 0 N–H and O–H groups in total. The summed E-state index contributed by atoms with van der Waals surface area (Å²) >= 11 is 0. The van der Waals surface area contributed by atoms with Crippen LogP contribution in [0.15, 0.2) is 36.4 Å². The summed E-state index contributed by atoms with van der Waals surface area (Å²) in [6.07, 6.45) is 2.80. The van der Waals surface area contributed by atoms with E-state index in [1.165, 1.54) is 16.3 Å². The van der Waals surface area contributed by atoms with Gasteiger partial charge in [0.05, 0.1) is 0 Å². The zero-order valence-corrected chi connectivity index (χ0v) is 12.6. The topological polar surface area (TPSA) is 17.1 Å². The zero-order valence-electron chi connectivity index (χ0n) is 12.6. The first-order valence-electron chi connectivity index (χ1n) is 7.49. The van der Waals surface area contributed by atoms with Crippen molar-refractivity contribution in [1.29, 1.82) is 0 Å². The highest BCUT2D eigenvalue weighted by Crippen LogP contribution is 2.31. The largest absolute Gasteiger partial charge is 0.299 e. The predicted molar refractivity (Wildman–Crippen MR) is 84.1 cm³/mol. The molecule has 0 amide bonds. The number of hydrogen-bond donors (Lipinski definition) is 0. The van der Waals surface area contributed by atoms with Crippen LogP contribution < -0.4 is 0 Å². The van der Waals surface area contributed by atoms with Crippen molar-refractivity contribution in [2.24, 2.45) is 5.92 Å². The van der Waals surface area contributed by atoms with Gasteiger partial charge in [0.2, 0.25) is 0 Å². The summed E-state index contributed by atoms with van der Waals surface area (Å²) in [4.78, 5) is 11.9. The third-order valence-corrected chi connectivity index (χ3v) is 4.18. The van der Waals surface area contributed by atoms with Crippen molar-refractivity contribution in [2.75, 3.05) is 0 Å². The number of rotatable bonds is 3.